The number of methoxy groups -OCH3 is 1. The molecule has 0 saturated heterocycles. The van der Waals surface area contributed by atoms with E-state index in [1.165, 1.54) is 42.3 Å². The number of esters is 1. The minimum absolute atomic E-state index is 0.114. The summed E-state index contributed by atoms with van der Waals surface area (Å²) in [4.78, 5) is 37.2. The molecule has 1 heterocycles. The van der Waals surface area contributed by atoms with Crippen molar-refractivity contribution in [1.82, 2.24) is 10.2 Å². The Morgan fingerprint density at radius 1 is 1.06 bits per heavy atom. The van der Waals surface area contributed by atoms with Gasteiger partial charge in [0.2, 0.25) is 5.91 Å². The summed E-state index contributed by atoms with van der Waals surface area (Å²) in [6.07, 6.45) is 0. The molecule has 0 spiro atoms. The normalized spacial score (nSPS) is 10.4. The van der Waals surface area contributed by atoms with E-state index < -0.39 is 12.6 Å². The van der Waals surface area contributed by atoms with Gasteiger partial charge in [-0.05, 0) is 56.3 Å². The summed E-state index contributed by atoms with van der Waals surface area (Å²) in [6, 6.07) is 11.1. The van der Waals surface area contributed by atoms with E-state index in [-0.39, 0.29) is 23.0 Å². The van der Waals surface area contributed by atoms with Gasteiger partial charge in [0.1, 0.15) is 16.5 Å². The number of hydrogen-bond donors (Lipinski definition) is 1. The van der Waals surface area contributed by atoms with Gasteiger partial charge in [-0.1, -0.05) is 23.1 Å². The summed E-state index contributed by atoms with van der Waals surface area (Å²) in [7, 11) is 1.46. The first-order chi connectivity index (χ1) is 16.4. The lowest BCUT2D eigenvalue weighted by atomic mass is 10.1. The highest BCUT2D eigenvalue weighted by Gasteiger charge is 2.16. The SMILES string of the molecule is CCOc1ccc(C(=O)COC(=O)c2ccc(OC)c(NC(=O)CSc3nnc(C)s3)c2)cc1. The Morgan fingerprint density at radius 2 is 1.79 bits per heavy atom. The molecule has 0 aliphatic heterocycles. The maximum atomic E-state index is 12.5. The molecule has 34 heavy (non-hydrogen) atoms. The van der Waals surface area contributed by atoms with Crippen LogP contribution in [0.4, 0.5) is 5.69 Å². The highest BCUT2D eigenvalue weighted by atomic mass is 32.2. The summed E-state index contributed by atoms with van der Waals surface area (Å²) >= 11 is 2.66. The number of amides is 1. The molecule has 11 heteroatoms. The third kappa shape index (κ3) is 7.03. The van der Waals surface area contributed by atoms with Crippen LogP contribution in [-0.2, 0) is 9.53 Å². The molecule has 2 aromatic carbocycles. The molecule has 1 aromatic heterocycles. The molecule has 3 aromatic rings. The van der Waals surface area contributed by atoms with E-state index in [4.69, 9.17) is 14.2 Å². The van der Waals surface area contributed by atoms with Crippen molar-refractivity contribution in [3.8, 4) is 11.5 Å². The van der Waals surface area contributed by atoms with E-state index in [0.717, 1.165) is 5.01 Å². The lowest BCUT2D eigenvalue weighted by molar-refractivity contribution is -0.113. The highest BCUT2D eigenvalue weighted by Crippen LogP contribution is 2.27. The first-order valence-corrected chi connectivity index (χ1v) is 12.0. The van der Waals surface area contributed by atoms with Crippen molar-refractivity contribution in [2.45, 2.75) is 18.2 Å². The molecule has 0 aliphatic carbocycles. The number of benzene rings is 2. The Balaban J connectivity index is 1.59. The van der Waals surface area contributed by atoms with Gasteiger partial charge in [-0.25, -0.2) is 4.79 Å². The summed E-state index contributed by atoms with van der Waals surface area (Å²) in [5.41, 5.74) is 0.888. The number of Topliss-reactive ketones (excluding diaryl/α,β-unsaturated/α-hetero) is 1. The maximum absolute atomic E-state index is 12.5. The lowest BCUT2D eigenvalue weighted by Crippen LogP contribution is -2.17. The molecule has 3 rings (SSSR count). The molecule has 0 unspecified atom stereocenters. The predicted molar refractivity (Wildman–Crippen MR) is 129 cm³/mol. The van der Waals surface area contributed by atoms with Gasteiger partial charge in [-0.3, -0.25) is 9.59 Å². The van der Waals surface area contributed by atoms with Gasteiger partial charge >= 0.3 is 5.97 Å². The first kappa shape index (κ1) is 25.2. The van der Waals surface area contributed by atoms with Crippen molar-refractivity contribution in [2.24, 2.45) is 0 Å². The average Bonchev–Trinajstić information content (AvgIpc) is 3.26. The monoisotopic (exact) mass is 501 g/mol. The molecule has 0 saturated carbocycles. The van der Waals surface area contributed by atoms with Gasteiger partial charge in [0, 0.05) is 5.56 Å². The lowest BCUT2D eigenvalue weighted by Gasteiger charge is -2.12. The molecule has 0 atom stereocenters. The predicted octanol–water partition coefficient (Wildman–Crippen LogP) is 4.02. The van der Waals surface area contributed by atoms with Crippen LogP contribution in [0.5, 0.6) is 11.5 Å². The maximum Gasteiger partial charge on any atom is 0.338 e. The van der Waals surface area contributed by atoms with Crippen LogP contribution in [0.25, 0.3) is 0 Å². The molecule has 1 N–H and O–H groups in total. The van der Waals surface area contributed by atoms with E-state index in [0.29, 0.717) is 33.7 Å². The van der Waals surface area contributed by atoms with E-state index in [1.54, 1.807) is 30.3 Å². The second kappa shape index (κ2) is 12.1. The number of carbonyl (C=O) groups is 3. The Kier molecular flexibility index (Phi) is 9.00. The largest absolute Gasteiger partial charge is 0.495 e. The Labute approximate surface area is 204 Å². The Morgan fingerprint density at radius 3 is 2.44 bits per heavy atom. The fraction of sp³-hybridized carbons (Fsp3) is 0.261. The Hall–Kier alpha value is -3.44. The molecule has 1 amide bonds. The number of nitrogens with one attached hydrogen (secondary N) is 1. The van der Waals surface area contributed by atoms with Crippen molar-refractivity contribution < 1.29 is 28.6 Å². The van der Waals surface area contributed by atoms with Crippen LogP contribution in [0, 0.1) is 6.92 Å². The van der Waals surface area contributed by atoms with Crippen LogP contribution in [0.3, 0.4) is 0 Å². The molecular weight excluding hydrogens is 478 g/mol. The smallest absolute Gasteiger partial charge is 0.338 e. The summed E-state index contributed by atoms with van der Waals surface area (Å²) in [5, 5.41) is 11.4. The number of aryl methyl sites for hydroxylation is 1. The minimum atomic E-state index is -0.698. The number of anilines is 1. The summed E-state index contributed by atoms with van der Waals surface area (Å²) in [5.74, 6) is -0.193. The second-order valence-electron chi connectivity index (χ2n) is 6.80. The number of hydrogen-bond acceptors (Lipinski definition) is 10. The zero-order chi connectivity index (χ0) is 24.5. The van der Waals surface area contributed by atoms with Gasteiger partial charge in [0.15, 0.2) is 16.7 Å². The van der Waals surface area contributed by atoms with E-state index in [9.17, 15) is 14.4 Å². The number of thioether (sulfide) groups is 1. The number of aromatic nitrogens is 2. The van der Waals surface area contributed by atoms with Crippen LogP contribution < -0.4 is 14.8 Å². The summed E-state index contributed by atoms with van der Waals surface area (Å²) < 4.78 is 16.5. The average molecular weight is 502 g/mol. The van der Waals surface area contributed by atoms with Gasteiger partial charge in [0.05, 0.1) is 30.7 Å². The van der Waals surface area contributed by atoms with Crippen LogP contribution in [0.2, 0.25) is 0 Å². The molecule has 9 nitrogen and oxygen atoms in total. The molecule has 0 bridgehead atoms. The standard InChI is InChI=1S/C23H23N3O6S2/c1-4-31-17-8-5-15(6-9-17)19(27)12-32-22(29)16-7-10-20(30-3)18(11-16)24-21(28)13-33-23-26-25-14(2)34-23/h5-11H,4,12-13H2,1-3H3,(H,24,28). The van der Waals surface area contributed by atoms with Gasteiger partial charge in [0.25, 0.3) is 0 Å². The van der Waals surface area contributed by atoms with Gasteiger partial charge in [-0.15, -0.1) is 10.2 Å². The van der Waals surface area contributed by atoms with Crippen LogP contribution in [-0.4, -0.2) is 53.9 Å². The quantitative estimate of drug-likeness (QED) is 0.236. The van der Waals surface area contributed by atoms with Crippen molar-refractivity contribution >= 4 is 46.4 Å². The third-order valence-corrected chi connectivity index (χ3v) is 6.34. The Bertz CT molecular complexity index is 1160. The van der Waals surface area contributed by atoms with Crippen molar-refractivity contribution in [1.29, 1.82) is 0 Å². The molecular formula is C23H23N3O6S2. The number of ether oxygens (including phenoxy) is 3. The second-order valence-corrected chi connectivity index (χ2v) is 9.20. The van der Waals surface area contributed by atoms with E-state index >= 15 is 0 Å². The van der Waals surface area contributed by atoms with E-state index in [1.807, 2.05) is 13.8 Å². The number of rotatable bonds is 11. The van der Waals surface area contributed by atoms with Crippen LogP contribution >= 0.6 is 23.1 Å². The highest BCUT2D eigenvalue weighted by molar-refractivity contribution is 8.01. The fourth-order valence-electron chi connectivity index (χ4n) is 2.78. The van der Waals surface area contributed by atoms with Crippen molar-refractivity contribution in [3.05, 3.63) is 58.6 Å². The molecule has 0 fully saturated rings. The molecule has 0 aliphatic rings. The fourth-order valence-corrected chi connectivity index (χ4v) is 4.40. The number of carbonyl (C=O) groups excluding carboxylic acids is 3. The molecule has 0 radical (unpaired) electrons. The van der Waals surface area contributed by atoms with Gasteiger partial charge < -0.3 is 19.5 Å². The third-order valence-electron chi connectivity index (χ3n) is 4.37. The van der Waals surface area contributed by atoms with Crippen molar-refractivity contribution in [3.63, 3.8) is 0 Å². The number of nitrogens with zero attached hydrogens (tertiary/aromatic N) is 2. The first-order valence-electron chi connectivity index (χ1n) is 10.2. The minimum Gasteiger partial charge on any atom is -0.495 e. The van der Waals surface area contributed by atoms with Crippen LogP contribution in [0.15, 0.2) is 46.8 Å². The molecule has 178 valence electrons. The zero-order valence-electron chi connectivity index (χ0n) is 18.8. The zero-order valence-corrected chi connectivity index (χ0v) is 20.5. The topological polar surface area (TPSA) is 117 Å². The summed E-state index contributed by atoms with van der Waals surface area (Å²) in [6.45, 7) is 3.81. The van der Waals surface area contributed by atoms with E-state index in [2.05, 4.69) is 15.5 Å². The van der Waals surface area contributed by atoms with Crippen LogP contribution in [0.1, 0.15) is 32.6 Å². The van der Waals surface area contributed by atoms with Crippen molar-refractivity contribution in [2.75, 3.05) is 31.4 Å². The number of ketones is 1. The van der Waals surface area contributed by atoms with Gasteiger partial charge in [-0.2, -0.15) is 0 Å².